The standard InChI is InChI=1S/C38H74NO10P/c1-3-5-7-9-11-13-15-17-18-20-22-24-26-28-30-37(42)47-31-34(40)32-48-50(45,46)49-33-35(38(43)44)39-36(41)29-27-25-23-21-19-16-14-12-10-8-6-4-2/h34-35,40H,3-33H2,1-2H3,(H,39,41)(H,43,44)(H,45,46). The van der Waals surface area contributed by atoms with Gasteiger partial charge in [-0.3, -0.25) is 18.6 Å². The summed E-state index contributed by atoms with van der Waals surface area (Å²) in [6, 6.07) is -1.54. The van der Waals surface area contributed by atoms with Crippen LogP contribution in [0.15, 0.2) is 0 Å². The highest BCUT2D eigenvalue weighted by Gasteiger charge is 2.28. The number of phosphoric ester groups is 1. The zero-order chi connectivity index (χ0) is 37.1. The largest absolute Gasteiger partial charge is 0.480 e. The van der Waals surface area contributed by atoms with Crippen LogP contribution < -0.4 is 5.32 Å². The molecular formula is C38H74NO10P. The Morgan fingerprint density at radius 2 is 0.920 bits per heavy atom. The molecule has 3 atom stereocenters. The number of ether oxygens (including phenoxy) is 1. The molecule has 0 aliphatic rings. The number of carboxylic acids is 1. The number of aliphatic hydroxyl groups is 1. The molecule has 0 heterocycles. The van der Waals surface area contributed by atoms with E-state index in [9.17, 15) is 34.1 Å². The van der Waals surface area contributed by atoms with E-state index in [2.05, 4.69) is 19.2 Å². The Balaban J connectivity index is 3.91. The first-order valence-electron chi connectivity index (χ1n) is 20.1. The summed E-state index contributed by atoms with van der Waals surface area (Å²) in [6.07, 6.45) is 29.9. The summed E-state index contributed by atoms with van der Waals surface area (Å²) in [4.78, 5) is 45.7. The zero-order valence-corrected chi connectivity index (χ0v) is 32.6. The number of hydrogen-bond acceptors (Lipinski definition) is 8. The number of rotatable bonds is 38. The first-order valence-corrected chi connectivity index (χ1v) is 21.6. The summed E-state index contributed by atoms with van der Waals surface area (Å²) in [6.45, 7) is 2.59. The van der Waals surface area contributed by atoms with Crippen molar-refractivity contribution in [3.8, 4) is 0 Å². The summed E-state index contributed by atoms with van der Waals surface area (Å²) < 4.78 is 26.7. The van der Waals surface area contributed by atoms with Crippen LogP contribution in [0.2, 0.25) is 0 Å². The number of hydrogen-bond donors (Lipinski definition) is 4. The summed E-state index contributed by atoms with van der Waals surface area (Å²) in [7, 11) is -4.74. The van der Waals surface area contributed by atoms with Gasteiger partial charge in [-0.2, -0.15) is 0 Å². The lowest BCUT2D eigenvalue weighted by Gasteiger charge is -2.18. The molecule has 0 aromatic rings. The Kier molecular flexibility index (Phi) is 33.5. The second-order valence-corrected chi connectivity index (χ2v) is 15.3. The quantitative estimate of drug-likeness (QED) is 0.0272. The molecule has 12 heteroatoms. The molecule has 0 fully saturated rings. The highest BCUT2D eigenvalue weighted by molar-refractivity contribution is 7.47. The SMILES string of the molecule is CCCCCCCCCCCCCCCCC(=O)OCC(O)COP(=O)(O)OCC(NC(=O)CCCCCCCCCCCCCC)C(=O)O. The van der Waals surface area contributed by atoms with Gasteiger partial charge in [0.05, 0.1) is 13.2 Å². The minimum Gasteiger partial charge on any atom is -0.480 e. The van der Waals surface area contributed by atoms with Gasteiger partial charge in [-0.15, -0.1) is 0 Å². The fourth-order valence-electron chi connectivity index (χ4n) is 5.73. The van der Waals surface area contributed by atoms with E-state index in [0.29, 0.717) is 12.8 Å². The van der Waals surface area contributed by atoms with Crippen molar-refractivity contribution in [2.24, 2.45) is 0 Å². The predicted octanol–water partition coefficient (Wildman–Crippen LogP) is 9.56. The third-order valence-corrected chi connectivity index (χ3v) is 9.85. The molecule has 4 N–H and O–H groups in total. The molecule has 50 heavy (non-hydrogen) atoms. The molecule has 0 saturated carbocycles. The number of carboxylic acid groups (broad SMARTS) is 1. The first-order chi connectivity index (χ1) is 24.1. The molecule has 11 nitrogen and oxygen atoms in total. The molecule has 3 unspecified atom stereocenters. The van der Waals surface area contributed by atoms with Crippen LogP contribution >= 0.6 is 7.82 Å². The summed E-state index contributed by atoms with van der Waals surface area (Å²) in [5.41, 5.74) is 0. The van der Waals surface area contributed by atoms with Crippen molar-refractivity contribution in [1.29, 1.82) is 0 Å². The summed E-state index contributed by atoms with van der Waals surface area (Å²) in [5.74, 6) is -2.36. The van der Waals surface area contributed by atoms with Gasteiger partial charge in [0.2, 0.25) is 5.91 Å². The van der Waals surface area contributed by atoms with Crippen LogP contribution in [0, 0.1) is 0 Å². The number of carbonyl (C=O) groups is 3. The summed E-state index contributed by atoms with van der Waals surface area (Å²) in [5, 5.41) is 21.7. The van der Waals surface area contributed by atoms with Gasteiger partial charge in [0.1, 0.15) is 12.7 Å². The van der Waals surface area contributed by atoms with E-state index < -0.39 is 57.6 Å². The van der Waals surface area contributed by atoms with E-state index in [1.165, 1.54) is 116 Å². The molecule has 0 rings (SSSR count). The van der Waals surface area contributed by atoms with Gasteiger partial charge < -0.3 is 25.2 Å². The van der Waals surface area contributed by atoms with E-state index in [1.54, 1.807) is 0 Å². The monoisotopic (exact) mass is 736 g/mol. The van der Waals surface area contributed by atoms with Crippen LogP contribution in [0.3, 0.4) is 0 Å². The van der Waals surface area contributed by atoms with Crippen LogP contribution in [0.1, 0.15) is 194 Å². The molecule has 0 radical (unpaired) electrons. The van der Waals surface area contributed by atoms with Crippen LogP contribution in [0.25, 0.3) is 0 Å². The normalized spacial score (nSPS) is 13.8. The maximum absolute atomic E-state index is 12.2. The van der Waals surface area contributed by atoms with Crippen molar-refractivity contribution in [1.82, 2.24) is 5.32 Å². The van der Waals surface area contributed by atoms with Gasteiger partial charge in [-0.05, 0) is 12.8 Å². The molecule has 296 valence electrons. The number of nitrogens with one attached hydrogen (secondary N) is 1. The van der Waals surface area contributed by atoms with Crippen LogP contribution in [-0.2, 0) is 32.7 Å². The highest BCUT2D eigenvalue weighted by Crippen LogP contribution is 2.43. The number of phosphoric acid groups is 1. The fourth-order valence-corrected chi connectivity index (χ4v) is 6.50. The van der Waals surface area contributed by atoms with Crippen molar-refractivity contribution in [2.75, 3.05) is 19.8 Å². The molecule has 1 amide bonds. The van der Waals surface area contributed by atoms with E-state index in [-0.39, 0.29) is 12.8 Å². The Morgan fingerprint density at radius 3 is 1.32 bits per heavy atom. The fraction of sp³-hybridized carbons (Fsp3) is 0.921. The average molecular weight is 736 g/mol. The third kappa shape index (κ3) is 33.6. The smallest absolute Gasteiger partial charge is 0.472 e. The molecule has 0 saturated heterocycles. The molecule has 0 aromatic carbocycles. The van der Waals surface area contributed by atoms with Gasteiger partial charge in [-0.1, -0.05) is 168 Å². The van der Waals surface area contributed by atoms with Crippen molar-refractivity contribution in [3.63, 3.8) is 0 Å². The van der Waals surface area contributed by atoms with Gasteiger partial charge in [0.25, 0.3) is 0 Å². The molecule has 0 spiro atoms. The molecular weight excluding hydrogens is 661 g/mol. The maximum Gasteiger partial charge on any atom is 0.472 e. The minimum atomic E-state index is -4.74. The van der Waals surface area contributed by atoms with Crippen LogP contribution in [0.4, 0.5) is 0 Å². The Labute approximate surface area is 304 Å². The van der Waals surface area contributed by atoms with Gasteiger partial charge >= 0.3 is 19.8 Å². The van der Waals surface area contributed by atoms with Gasteiger partial charge in [0.15, 0.2) is 6.04 Å². The first kappa shape index (κ1) is 48.5. The van der Waals surface area contributed by atoms with E-state index in [0.717, 1.165) is 38.5 Å². The predicted molar refractivity (Wildman–Crippen MR) is 199 cm³/mol. The molecule has 0 aliphatic carbocycles. The van der Waals surface area contributed by atoms with Gasteiger partial charge in [0, 0.05) is 12.8 Å². The molecule has 0 bridgehead atoms. The van der Waals surface area contributed by atoms with Crippen LogP contribution in [-0.4, -0.2) is 64.9 Å². The van der Waals surface area contributed by atoms with Crippen molar-refractivity contribution < 1.29 is 47.8 Å². The number of aliphatic hydroxyl groups excluding tert-OH is 1. The Morgan fingerprint density at radius 1 is 0.560 bits per heavy atom. The zero-order valence-electron chi connectivity index (χ0n) is 31.7. The minimum absolute atomic E-state index is 0.152. The maximum atomic E-state index is 12.2. The number of amides is 1. The van der Waals surface area contributed by atoms with Crippen molar-refractivity contribution in [2.45, 2.75) is 206 Å². The topological polar surface area (TPSA) is 169 Å². The number of aliphatic carboxylic acids is 1. The van der Waals surface area contributed by atoms with Crippen molar-refractivity contribution >= 4 is 25.7 Å². The number of carbonyl (C=O) groups excluding carboxylic acids is 2. The van der Waals surface area contributed by atoms with E-state index in [1.807, 2.05) is 0 Å². The van der Waals surface area contributed by atoms with Gasteiger partial charge in [-0.25, -0.2) is 9.36 Å². The lowest BCUT2D eigenvalue weighted by Crippen LogP contribution is -2.43. The highest BCUT2D eigenvalue weighted by atomic mass is 31.2. The van der Waals surface area contributed by atoms with E-state index >= 15 is 0 Å². The van der Waals surface area contributed by atoms with Crippen molar-refractivity contribution in [3.05, 3.63) is 0 Å². The second-order valence-electron chi connectivity index (χ2n) is 13.8. The average Bonchev–Trinajstić information content (AvgIpc) is 3.08. The lowest BCUT2D eigenvalue weighted by molar-refractivity contribution is -0.147. The third-order valence-electron chi connectivity index (χ3n) is 8.90. The Hall–Kier alpha value is -1.52. The summed E-state index contributed by atoms with van der Waals surface area (Å²) >= 11 is 0. The van der Waals surface area contributed by atoms with E-state index in [4.69, 9.17) is 13.8 Å². The molecule has 0 aromatic heterocycles. The lowest BCUT2D eigenvalue weighted by atomic mass is 10.0. The number of unbranched alkanes of at least 4 members (excludes halogenated alkanes) is 24. The van der Waals surface area contributed by atoms with Crippen LogP contribution in [0.5, 0.6) is 0 Å². The second kappa shape index (κ2) is 34.6. The Bertz CT molecular complexity index is 875. The molecule has 0 aliphatic heterocycles. The number of esters is 1.